The van der Waals surface area contributed by atoms with Gasteiger partial charge < -0.3 is 15.0 Å². The van der Waals surface area contributed by atoms with Crippen LogP contribution in [-0.2, 0) is 0 Å². The minimum Gasteiger partial charge on any atom is -0.495 e. The van der Waals surface area contributed by atoms with Crippen molar-refractivity contribution in [1.29, 1.82) is 0 Å². The van der Waals surface area contributed by atoms with Crippen LogP contribution < -0.4 is 10.1 Å². The summed E-state index contributed by atoms with van der Waals surface area (Å²) in [5.74, 6) is 0.919. The van der Waals surface area contributed by atoms with E-state index in [1.54, 1.807) is 7.11 Å². The van der Waals surface area contributed by atoms with E-state index in [0.717, 1.165) is 15.9 Å². The first-order valence-corrected chi connectivity index (χ1v) is 8.34. The highest BCUT2D eigenvalue weighted by Gasteiger charge is 2.17. The molecule has 4 heteroatoms. The highest BCUT2D eigenvalue weighted by molar-refractivity contribution is 9.10. The van der Waals surface area contributed by atoms with E-state index in [2.05, 4.69) is 39.1 Å². The van der Waals surface area contributed by atoms with Gasteiger partial charge in [-0.1, -0.05) is 22.9 Å². The van der Waals surface area contributed by atoms with E-state index in [9.17, 15) is 0 Å². The lowest BCUT2D eigenvalue weighted by atomic mass is 10.1. The second kappa shape index (κ2) is 7.89. The Bertz CT molecular complexity index is 425. The monoisotopic (exact) mass is 340 g/mol. The minimum absolute atomic E-state index is 0.542. The smallest absolute Gasteiger partial charge is 0.142 e. The Labute approximate surface area is 130 Å². The normalized spacial score (nSPS) is 20.4. The predicted octanol–water partition coefficient (Wildman–Crippen LogP) is 4.13. The molecule has 1 fully saturated rings. The lowest BCUT2D eigenvalue weighted by molar-refractivity contribution is 0.285. The molecule has 0 radical (unpaired) electrons. The average Bonchev–Trinajstić information content (AvgIpc) is 2.65. The number of ether oxygens (including phenoxy) is 1. The molecule has 0 spiro atoms. The number of rotatable bonds is 5. The molecule has 0 amide bonds. The molecule has 1 aromatic carbocycles. The van der Waals surface area contributed by atoms with Gasteiger partial charge in [-0.05, 0) is 57.0 Å². The molecular weight excluding hydrogens is 316 g/mol. The van der Waals surface area contributed by atoms with Crippen LogP contribution in [0.25, 0.3) is 0 Å². The van der Waals surface area contributed by atoms with Crippen LogP contribution in [-0.4, -0.2) is 37.7 Å². The third-order valence-corrected chi connectivity index (χ3v) is 4.37. The molecule has 3 nitrogen and oxygen atoms in total. The quantitative estimate of drug-likeness (QED) is 0.871. The van der Waals surface area contributed by atoms with Gasteiger partial charge in [0, 0.05) is 17.1 Å². The summed E-state index contributed by atoms with van der Waals surface area (Å²) in [6, 6.07) is 6.67. The highest BCUT2D eigenvalue weighted by atomic mass is 79.9. The van der Waals surface area contributed by atoms with Gasteiger partial charge in [0.2, 0.25) is 0 Å². The van der Waals surface area contributed by atoms with Crippen molar-refractivity contribution in [2.24, 2.45) is 0 Å². The molecule has 1 aliphatic heterocycles. The topological polar surface area (TPSA) is 24.5 Å². The van der Waals surface area contributed by atoms with E-state index in [1.165, 1.54) is 45.3 Å². The maximum atomic E-state index is 5.44. The number of anilines is 1. The van der Waals surface area contributed by atoms with E-state index in [0.29, 0.717) is 6.04 Å². The molecule has 1 aromatic rings. The van der Waals surface area contributed by atoms with Crippen molar-refractivity contribution in [3.8, 4) is 5.75 Å². The van der Waals surface area contributed by atoms with E-state index in [-0.39, 0.29) is 0 Å². The Kier molecular flexibility index (Phi) is 6.17. The summed E-state index contributed by atoms with van der Waals surface area (Å²) in [5, 5.41) is 3.66. The van der Waals surface area contributed by atoms with E-state index < -0.39 is 0 Å². The Morgan fingerprint density at radius 1 is 1.35 bits per heavy atom. The Morgan fingerprint density at radius 2 is 2.20 bits per heavy atom. The maximum absolute atomic E-state index is 5.44. The van der Waals surface area contributed by atoms with Gasteiger partial charge >= 0.3 is 0 Å². The summed E-state index contributed by atoms with van der Waals surface area (Å²) in [4.78, 5) is 2.58. The summed E-state index contributed by atoms with van der Waals surface area (Å²) in [7, 11) is 1.73. The van der Waals surface area contributed by atoms with Crippen LogP contribution in [0.15, 0.2) is 22.7 Å². The van der Waals surface area contributed by atoms with Crippen molar-refractivity contribution in [2.75, 3.05) is 32.1 Å². The van der Waals surface area contributed by atoms with Gasteiger partial charge in [-0.2, -0.15) is 0 Å². The molecule has 2 rings (SSSR count). The zero-order chi connectivity index (χ0) is 14.4. The fourth-order valence-electron chi connectivity index (χ4n) is 2.85. The van der Waals surface area contributed by atoms with Crippen LogP contribution in [0.5, 0.6) is 5.75 Å². The van der Waals surface area contributed by atoms with Crippen molar-refractivity contribution in [2.45, 2.75) is 38.6 Å². The molecule has 1 unspecified atom stereocenters. The third kappa shape index (κ3) is 4.38. The number of hydrogen-bond donors (Lipinski definition) is 1. The third-order valence-electron chi connectivity index (χ3n) is 3.88. The van der Waals surface area contributed by atoms with Crippen molar-refractivity contribution in [3.05, 3.63) is 22.7 Å². The Morgan fingerprint density at radius 3 is 2.95 bits per heavy atom. The number of methoxy groups -OCH3 is 1. The minimum atomic E-state index is 0.542. The number of halogens is 1. The van der Waals surface area contributed by atoms with Gasteiger partial charge in [-0.15, -0.1) is 0 Å². The molecular formula is C16H25BrN2O. The number of hydrogen-bond acceptors (Lipinski definition) is 3. The van der Waals surface area contributed by atoms with Gasteiger partial charge in [-0.25, -0.2) is 0 Å². The van der Waals surface area contributed by atoms with Gasteiger partial charge in [0.1, 0.15) is 5.75 Å². The Hall–Kier alpha value is -0.740. The molecule has 1 saturated heterocycles. The summed E-state index contributed by atoms with van der Waals surface area (Å²) < 4.78 is 6.52. The van der Waals surface area contributed by atoms with Crippen LogP contribution in [0.4, 0.5) is 5.69 Å². The van der Waals surface area contributed by atoms with Crippen LogP contribution >= 0.6 is 15.9 Å². The van der Waals surface area contributed by atoms with E-state index >= 15 is 0 Å². The van der Waals surface area contributed by atoms with E-state index in [1.807, 2.05) is 12.1 Å². The summed E-state index contributed by atoms with van der Waals surface area (Å²) in [6.07, 6.45) is 4.96. The summed E-state index contributed by atoms with van der Waals surface area (Å²) >= 11 is 3.53. The SMILES string of the molecule is CCCN1CCCC(Nc2cc(Br)ccc2OC)CC1. The number of nitrogens with one attached hydrogen (secondary N) is 1. The summed E-state index contributed by atoms with van der Waals surface area (Å²) in [5.41, 5.74) is 1.09. The standard InChI is InChI=1S/C16H25BrN2O/c1-3-9-19-10-4-5-14(8-11-19)18-15-12-13(17)6-7-16(15)20-2/h6-7,12,14,18H,3-5,8-11H2,1-2H3. The largest absolute Gasteiger partial charge is 0.495 e. The molecule has 1 heterocycles. The number of nitrogens with zero attached hydrogens (tertiary/aromatic N) is 1. The van der Waals surface area contributed by atoms with E-state index in [4.69, 9.17) is 4.74 Å². The summed E-state index contributed by atoms with van der Waals surface area (Å²) in [6.45, 7) is 5.92. The molecule has 0 aromatic heterocycles. The number of likely N-dealkylation sites (tertiary alicyclic amines) is 1. The van der Waals surface area contributed by atoms with Gasteiger partial charge in [0.25, 0.3) is 0 Å². The zero-order valence-corrected chi connectivity index (χ0v) is 14.1. The lowest BCUT2D eigenvalue weighted by Crippen LogP contribution is -2.27. The maximum Gasteiger partial charge on any atom is 0.142 e. The molecule has 112 valence electrons. The van der Waals surface area contributed by atoms with Crippen molar-refractivity contribution >= 4 is 21.6 Å². The fraction of sp³-hybridized carbons (Fsp3) is 0.625. The first-order valence-electron chi connectivity index (χ1n) is 7.55. The van der Waals surface area contributed by atoms with Crippen LogP contribution in [0.2, 0.25) is 0 Å². The second-order valence-electron chi connectivity index (χ2n) is 5.46. The van der Waals surface area contributed by atoms with Crippen molar-refractivity contribution < 1.29 is 4.74 Å². The molecule has 1 N–H and O–H groups in total. The molecule has 0 aliphatic carbocycles. The van der Waals surface area contributed by atoms with Gasteiger partial charge in [-0.3, -0.25) is 0 Å². The van der Waals surface area contributed by atoms with Crippen molar-refractivity contribution in [1.82, 2.24) is 4.90 Å². The average molecular weight is 341 g/mol. The molecule has 0 bridgehead atoms. The number of benzene rings is 1. The fourth-order valence-corrected chi connectivity index (χ4v) is 3.21. The second-order valence-corrected chi connectivity index (χ2v) is 6.37. The lowest BCUT2D eigenvalue weighted by Gasteiger charge is -2.21. The molecule has 1 atom stereocenters. The Balaban J connectivity index is 1.97. The molecule has 0 saturated carbocycles. The first kappa shape index (κ1) is 15.6. The molecule has 1 aliphatic rings. The van der Waals surface area contributed by atoms with Gasteiger partial charge in [0.15, 0.2) is 0 Å². The first-order chi connectivity index (χ1) is 9.72. The van der Waals surface area contributed by atoms with Gasteiger partial charge in [0.05, 0.1) is 12.8 Å². The van der Waals surface area contributed by atoms with Crippen LogP contribution in [0.1, 0.15) is 32.6 Å². The highest BCUT2D eigenvalue weighted by Crippen LogP contribution is 2.29. The predicted molar refractivity (Wildman–Crippen MR) is 88.7 cm³/mol. The molecule has 20 heavy (non-hydrogen) atoms. The van der Waals surface area contributed by atoms with Crippen molar-refractivity contribution in [3.63, 3.8) is 0 Å². The van der Waals surface area contributed by atoms with Crippen LogP contribution in [0, 0.1) is 0 Å². The zero-order valence-electron chi connectivity index (χ0n) is 12.5. The van der Waals surface area contributed by atoms with Crippen LogP contribution in [0.3, 0.4) is 0 Å².